The summed E-state index contributed by atoms with van der Waals surface area (Å²) >= 11 is 0. The van der Waals surface area contributed by atoms with E-state index in [4.69, 9.17) is 0 Å². The van der Waals surface area contributed by atoms with Gasteiger partial charge >= 0.3 is 0 Å². The highest BCUT2D eigenvalue weighted by Gasteiger charge is 2.07. The van der Waals surface area contributed by atoms with Crippen molar-refractivity contribution in [3.8, 4) is 11.1 Å². The Balaban J connectivity index is 1.61. The Bertz CT molecular complexity index is 928. The molecule has 0 atom stereocenters. The number of rotatable bonds is 4. The van der Waals surface area contributed by atoms with Crippen molar-refractivity contribution in [1.29, 1.82) is 0 Å². The summed E-state index contributed by atoms with van der Waals surface area (Å²) in [4.78, 5) is 11.9. The summed E-state index contributed by atoms with van der Waals surface area (Å²) in [5.74, 6) is 0.884. The minimum Gasteiger partial charge on any atom is -0.366 e. The predicted molar refractivity (Wildman–Crippen MR) is 93.1 cm³/mol. The van der Waals surface area contributed by atoms with Gasteiger partial charge in [0.25, 0.3) is 0 Å². The van der Waals surface area contributed by atoms with E-state index in [0.717, 1.165) is 23.4 Å². The summed E-state index contributed by atoms with van der Waals surface area (Å²) in [5.41, 5.74) is 4.49. The largest absolute Gasteiger partial charge is 0.366 e. The van der Waals surface area contributed by atoms with Crippen molar-refractivity contribution >= 4 is 16.9 Å². The van der Waals surface area contributed by atoms with E-state index in [2.05, 4.69) is 50.6 Å². The summed E-state index contributed by atoms with van der Waals surface area (Å²) in [5, 5.41) is 4.48. The number of H-pyrrole nitrogens is 1. The van der Waals surface area contributed by atoms with Gasteiger partial charge in [-0.1, -0.05) is 24.3 Å². The maximum absolute atomic E-state index is 4.35. The molecule has 4 aromatic rings. The molecular formula is C19H16N4. The summed E-state index contributed by atoms with van der Waals surface area (Å²) in [6, 6.07) is 18.4. The Morgan fingerprint density at radius 2 is 1.87 bits per heavy atom. The molecule has 0 aliphatic rings. The molecule has 4 heteroatoms. The minimum absolute atomic E-state index is 0.742. The van der Waals surface area contributed by atoms with Crippen molar-refractivity contribution in [3.63, 3.8) is 0 Å². The van der Waals surface area contributed by atoms with E-state index in [-0.39, 0.29) is 0 Å². The fraction of sp³-hybridized carbons (Fsp3) is 0.0526. The Kier molecular flexibility index (Phi) is 3.48. The van der Waals surface area contributed by atoms with E-state index in [9.17, 15) is 0 Å². The molecule has 3 aromatic heterocycles. The van der Waals surface area contributed by atoms with Gasteiger partial charge in [-0.15, -0.1) is 0 Å². The maximum Gasteiger partial charge on any atom is 0.137 e. The topological polar surface area (TPSA) is 53.6 Å². The molecule has 0 fully saturated rings. The molecule has 0 unspecified atom stereocenters. The number of anilines is 1. The highest BCUT2D eigenvalue weighted by molar-refractivity contribution is 5.93. The molecule has 23 heavy (non-hydrogen) atoms. The summed E-state index contributed by atoms with van der Waals surface area (Å²) in [6.45, 7) is 0.742. The lowest BCUT2D eigenvalue weighted by Crippen LogP contribution is -2.00. The van der Waals surface area contributed by atoms with Crippen LogP contribution in [0.2, 0.25) is 0 Å². The van der Waals surface area contributed by atoms with Crippen molar-refractivity contribution in [2.45, 2.75) is 6.54 Å². The van der Waals surface area contributed by atoms with Gasteiger partial charge in [0.05, 0.1) is 0 Å². The lowest BCUT2D eigenvalue weighted by Gasteiger charge is -2.07. The lowest BCUT2D eigenvalue weighted by molar-refractivity contribution is 1.11. The van der Waals surface area contributed by atoms with Gasteiger partial charge in [-0.3, -0.25) is 0 Å². The van der Waals surface area contributed by atoms with Crippen LogP contribution in [0.1, 0.15) is 5.56 Å². The number of nitrogens with one attached hydrogen (secondary N) is 2. The molecule has 0 aliphatic heterocycles. The molecule has 0 radical (unpaired) electrons. The van der Waals surface area contributed by atoms with Crippen molar-refractivity contribution in [3.05, 3.63) is 78.8 Å². The van der Waals surface area contributed by atoms with Crippen LogP contribution in [-0.2, 0) is 6.54 Å². The van der Waals surface area contributed by atoms with Crippen LogP contribution in [0, 0.1) is 0 Å². The van der Waals surface area contributed by atoms with Gasteiger partial charge < -0.3 is 10.3 Å². The number of benzene rings is 1. The van der Waals surface area contributed by atoms with E-state index < -0.39 is 0 Å². The quantitative estimate of drug-likeness (QED) is 0.593. The lowest BCUT2D eigenvalue weighted by atomic mass is 10.0. The van der Waals surface area contributed by atoms with Gasteiger partial charge in [-0.2, -0.15) is 0 Å². The number of hydrogen-bond donors (Lipinski definition) is 2. The standard InChI is InChI=1S/C19H16N4/c1-2-9-20-18(8-1)22-12-14-5-3-6-15(11-14)17-13-23-19-16(17)7-4-10-21-19/h1-11,13H,12H2,(H,20,22)(H,21,23). The van der Waals surface area contributed by atoms with Gasteiger partial charge in [0.15, 0.2) is 0 Å². The molecule has 2 N–H and O–H groups in total. The van der Waals surface area contributed by atoms with Crippen LogP contribution in [0.5, 0.6) is 0 Å². The number of fused-ring (bicyclic) bond motifs is 1. The SMILES string of the molecule is c1ccc(NCc2cccc(-c3c[nH]c4ncccc34)c2)nc1. The first-order valence-corrected chi connectivity index (χ1v) is 7.56. The van der Waals surface area contributed by atoms with Crippen LogP contribution in [0.25, 0.3) is 22.2 Å². The summed E-state index contributed by atoms with van der Waals surface area (Å²) in [6.07, 6.45) is 5.61. The van der Waals surface area contributed by atoms with Crippen molar-refractivity contribution in [2.75, 3.05) is 5.32 Å². The molecule has 0 spiro atoms. The highest BCUT2D eigenvalue weighted by Crippen LogP contribution is 2.28. The molecule has 3 heterocycles. The Hall–Kier alpha value is -3.14. The van der Waals surface area contributed by atoms with Crippen molar-refractivity contribution < 1.29 is 0 Å². The predicted octanol–water partition coefficient (Wildman–Crippen LogP) is 4.24. The molecule has 0 saturated heterocycles. The van der Waals surface area contributed by atoms with Gasteiger partial charge in [0.2, 0.25) is 0 Å². The smallest absolute Gasteiger partial charge is 0.137 e. The summed E-state index contributed by atoms with van der Waals surface area (Å²) < 4.78 is 0. The number of nitrogens with zero attached hydrogens (tertiary/aromatic N) is 2. The molecule has 112 valence electrons. The number of aromatic nitrogens is 3. The van der Waals surface area contributed by atoms with Crippen LogP contribution >= 0.6 is 0 Å². The van der Waals surface area contributed by atoms with E-state index >= 15 is 0 Å². The van der Waals surface area contributed by atoms with Crippen LogP contribution in [0.4, 0.5) is 5.82 Å². The Morgan fingerprint density at radius 1 is 0.913 bits per heavy atom. The van der Waals surface area contributed by atoms with Crippen LogP contribution in [0.3, 0.4) is 0 Å². The third kappa shape index (κ3) is 2.79. The molecule has 1 aromatic carbocycles. The number of aromatic amines is 1. The molecule has 0 aliphatic carbocycles. The van der Waals surface area contributed by atoms with Gasteiger partial charge in [-0.25, -0.2) is 9.97 Å². The first-order valence-electron chi connectivity index (χ1n) is 7.56. The number of hydrogen-bond acceptors (Lipinski definition) is 3. The average molecular weight is 300 g/mol. The first-order chi connectivity index (χ1) is 11.4. The minimum atomic E-state index is 0.742. The van der Waals surface area contributed by atoms with Gasteiger partial charge in [0.1, 0.15) is 11.5 Å². The van der Waals surface area contributed by atoms with Crippen LogP contribution in [0.15, 0.2) is 73.2 Å². The second-order valence-electron chi connectivity index (χ2n) is 5.37. The zero-order chi connectivity index (χ0) is 15.5. The molecule has 4 rings (SSSR count). The zero-order valence-electron chi connectivity index (χ0n) is 12.5. The molecule has 0 bridgehead atoms. The first kappa shape index (κ1) is 13.5. The van der Waals surface area contributed by atoms with Crippen molar-refractivity contribution in [1.82, 2.24) is 15.0 Å². The van der Waals surface area contributed by atoms with Gasteiger partial charge in [-0.05, 0) is 41.5 Å². The normalized spacial score (nSPS) is 10.8. The van der Waals surface area contributed by atoms with Crippen molar-refractivity contribution in [2.24, 2.45) is 0 Å². The fourth-order valence-electron chi connectivity index (χ4n) is 2.70. The molecule has 0 saturated carbocycles. The Labute approximate surface area is 134 Å². The van der Waals surface area contributed by atoms with E-state index in [1.54, 1.807) is 12.4 Å². The van der Waals surface area contributed by atoms with Gasteiger partial charge in [0, 0.05) is 36.1 Å². The third-order valence-corrected chi connectivity index (χ3v) is 3.83. The van der Waals surface area contributed by atoms with Crippen LogP contribution < -0.4 is 5.32 Å². The second-order valence-corrected chi connectivity index (χ2v) is 5.37. The van der Waals surface area contributed by atoms with E-state index in [1.807, 2.05) is 30.5 Å². The van der Waals surface area contributed by atoms with E-state index in [1.165, 1.54) is 16.7 Å². The van der Waals surface area contributed by atoms with Crippen LogP contribution in [-0.4, -0.2) is 15.0 Å². The average Bonchev–Trinajstić information content (AvgIpc) is 3.05. The highest BCUT2D eigenvalue weighted by atomic mass is 15.0. The summed E-state index contributed by atoms with van der Waals surface area (Å²) in [7, 11) is 0. The molecule has 4 nitrogen and oxygen atoms in total. The second kappa shape index (κ2) is 5.93. The monoisotopic (exact) mass is 300 g/mol. The molecule has 0 amide bonds. The number of pyridine rings is 2. The Morgan fingerprint density at radius 3 is 2.78 bits per heavy atom. The van der Waals surface area contributed by atoms with E-state index in [0.29, 0.717) is 0 Å². The zero-order valence-corrected chi connectivity index (χ0v) is 12.5. The molecular weight excluding hydrogens is 284 g/mol. The fourth-order valence-corrected chi connectivity index (χ4v) is 2.70. The maximum atomic E-state index is 4.35. The third-order valence-electron chi connectivity index (χ3n) is 3.83.